The maximum absolute atomic E-state index is 11.7. The lowest BCUT2D eigenvalue weighted by molar-refractivity contribution is 0.0636. The summed E-state index contributed by atoms with van der Waals surface area (Å²) in [5.41, 5.74) is 6.50. The van der Waals surface area contributed by atoms with E-state index in [1.165, 1.54) is 0 Å². The molecule has 0 aliphatic heterocycles. The van der Waals surface area contributed by atoms with E-state index in [1.807, 2.05) is 26.8 Å². The molecule has 3 N–H and O–H groups in total. The number of nitrogens with two attached hydrogens (primary N) is 1. The highest BCUT2D eigenvalue weighted by molar-refractivity contribution is 5.86. The third-order valence-electron chi connectivity index (χ3n) is 2.17. The molecule has 18 heavy (non-hydrogen) atoms. The van der Waals surface area contributed by atoms with Crippen LogP contribution in [-0.2, 0) is 11.3 Å². The number of ether oxygens (including phenoxy) is 2. The summed E-state index contributed by atoms with van der Waals surface area (Å²) in [7, 11) is 1.56. The number of carbonyl (C=O) groups excluding carboxylic acids is 1. The second-order valence-corrected chi connectivity index (χ2v) is 4.85. The normalized spacial score (nSPS) is 10.9. The predicted octanol–water partition coefficient (Wildman–Crippen LogP) is 2.50. The van der Waals surface area contributed by atoms with E-state index in [0.29, 0.717) is 18.0 Å². The highest BCUT2D eigenvalue weighted by Crippen LogP contribution is 2.23. The summed E-state index contributed by atoms with van der Waals surface area (Å²) in [6, 6.07) is 5.32. The number of hydrogen-bond acceptors (Lipinski definition) is 4. The van der Waals surface area contributed by atoms with Gasteiger partial charge in [0.05, 0.1) is 12.8 Å². The molecule has 1 aromatic carbocycles. The van der Waals surface area contributed by atoms with Crippen molar-refractivity contribution in [3.63, 3.8) is 0 Å². The summed E-state index contributed by atoms with van der Waals surface area (Å²) < 4.78 is 10.3. The molecule has 0 bridgehead atoms. The predicted molar refractivity (Wildman–Crippen MR) is 70.7 cm³/mol. The lowest BCUT2D eigenvalue weighted by Gasteiger charge is -2.20. The molecule has 5 heteroatoms. The minimum absolute atomic E-state index is 0.328. The van der Waals surface area contributed by atoms with Crippen LogP contribution in [0.2, 0.25) is 0 Å². The van der Waals surface area contributed by atoms with Crippen LogP contribution < -0.4 is 15.8 Å². The number of rotatable bonds is 3. The van der Waals surface area contributed by atoms with Crippen molar-refractivity contribution in [3.05, 3.63) is 23.8 Å². The van der Waals surface area contributed by atoms with Gasteiger partial charge in [0.15, 0.2) is 0 Å². The van der Waals surface area contributed by atoms with Crippen LogP contribution in [0, 0.1) is 0 Å². The van der Waals surface area contributed by atoms with Crippen molar-refractivity contribution in [2.45, 2.75) is 32.9 Å². The lowest BCUT2D eigenvalue weighted by atomic mass is 10.1. The molecule has 100 valence electrons. The zero-order chi connectivity index (χ0) is 13.8. The van der Waals surface area contributed by atoms with Gasteiger partial charge in [-0.15, -0.1) is 0 Å². The Hall–Kier alpha value is -1.75. The number of amides is 1. The summed E-state index contributed by atoms with van der Waals surface area (Å²) >= 11 is 0. The number of carbonyl (C=O) groups is 1. The summed E-state index contributed by atoms with van der Waals surface area (Å²) in [6.45, 7) is 5.75. The molecule has 0 aliphatic rings. The van der Waals surface area contributed by atoms with E-state index in [-0.39, 0.29) is 0 Å². The Morgan fingerprint density at radius 1 is 1.39 bits per heavy atom. The highest BCUT2D eigenvalue weighted by Gasteiger charge is 2.17. The molecule has 0 atom stereocenters. The van der Waals surface area contributed by atoms with Crippen LogP contribution in [-0.4, -0.2) is 18.8 Å². The minimum atomic E-state index is -0.536. The first kappa shape index (κ1) is 14.3. The summed E-state index contributed by atoms with van der Waals surface area (Å²) in [5, 5.41) is 2.67. The van der Waals surface area contributed by atoms with E-state index in [0.717, 1.165) is 5.56 Å². The third-order valence-corrected chi connectivity index (χ3v) is 2.17. The molecule has 1 aromatic rings. The van der Waals surface area contributed by atoms with E-state index in [4.69, 9.17) is 15.2 Å². The number of nitrogens with one attached hydrogen (secondary N) is 1. The Bertz CT molecular complexity index is 425. The van der Waals surface area contributed by atoms with Gasteiger partial charge in [0.2, 0.25) is 0 Å². The standard InChI is InChI=1S/C13H20N2O3/c1-13(2,3)18-12(16)15-11-7-10(17-4)6-5-9(11)8-14/h5-7H,8,14H2,1-4H3,(H,15,16). The van der Waals surface area contributed by atoms with Gasteiger partial charge < -0.3 is 15.2 Å². The molecule has 0 spiro atoms. The van der Waals surface area contributed by atoms with Crippen molar-refractivity contribution < 1.29 is 14.3 Å². The van der Waals surface area contributed by atoms with Crippen molar-refractivity contribution in [2.24, 2.45) is 5.73 Å². The second kappa shape index (κ2) is 5.73. The van der Waals surface area contributed by atoms with Crippen molar-refractivity contribution in [1.82, 2.24) is 0 Å². The maximum Gasteiger partial charge on any atom is 0.412 e. The molecule has 0 fully saturated rings. The van der Waals surface area contributed by atoms with Crippen molar-refractivity contribution >= 4 is 11.8 Å². The van der Waals surface area contributed by atoms with Gasteiger partial charge >= 0.3 is 6.09 Å². The van der Waals surface area contributed by atoms with E-state index >= 15 is 0 Å². The van der Waals surface area contributed by atoms with Crippen LogP contribution in [0.4, 0.5) is 10.5 Å². The number of benzene rings is 1. The van der Waals surface area contributed by atoms with Crippen LogP contribution >= 0.6 is 0 Å². The average molecular weight is 252 g/mol. The smallest absolute Gasteiger partial charge is 0.412 e. The van der Waals surface area contributed by atoms with Gasteiger partial charge in [0.1, 0.15) is 11.4 Å². The Morgan fingerprint density at radius 3 is 2.56 bits per heavy atom. The third kappa shape index (κ3) is 4.25. The zero-order valence-electron chi connectivity index (χ0n) is 11.2. The van der Waals surface area contributed by atoms with Crippen molar-refractivity contribution in [1.29, 1.82) is 0 Å². The number of methoxy groups -OCH3 is 1. The van der Waals surface area contributed by atoms with Gasteiger partial charge in [-0.05, 0) is 32.4 Å². The quantitative estimate of drug-likeness (QED) is 0.866. The molecule has 0 radical (unpaired) electrons. The topological polar surface area (TPSA) is 73.6 Å². The van der Waals surface area contributed by atoms with Gasteiger partial charge in [-0.1, -0.05) is 6.07 Å². The van der Waals surface area contributed by atoms with Gasteiger partial charge in [-0.3, -0.25) is 5.32 Å². The fourth-order valence-corrected chi connectivity index (χ4v) is 1.39. The Labute approximate surface area is 107 Å². The average Bonchev–Trinajstić information content (AvgIpc) is 2.26. The van der Waals surface area contributed by atoms with Crippen LogP contribution in [0.15, 0.2) is 18.2 Å². The van der Waals surface area contributed by atoms with Crippen LogP contribution in [0.3, 0.4) is 0 Å². The van der Waals surface area contributed by atoms with E-state index in [2.05, 4.69) is 5.32 Å². The largest absolute Gasteiger partial charge is 0.497 e. The van der Waals surface area contributed by atoms with Gasteiger partial charge in [-0.2, -0.15) is 0 Å². The molecule has 0 unspecified atom stereocenters. The first-order valence-electron chi connectivity index (χ1n) is 5.72. The van der Waals surface area contributed by atoms with Crippen molar-refractivity contribution in [3.8, 4) is 5.75 Å². The SMILES string of the molecule is COc1ccc(CN)c(NC(=O)OC(C)(C)C)c1. The molecule has 0 heterocycles. The molecule has 1 rings (SSSR count). The maximum atomic E-state index is 11.7. The Morgan fingerprint density at radius 2 is 2.06 bits per heavy atom. The van der Waals surface area contributed by atoms with Crippen molar-refractivity contribution in [2.75, 3.05) is 12.4 Å². The van der Waals surface area contributed by atoms with Crippen LogP contribution in [0.5, 0.6) is 5.75 Å². The van der Waals surface area contributed by atoms with Crippen LogP contribution in [0.1, 0.15) is 26.3 Å². The highest BCUT2D eigenvalue weighted by atomic mass is 16.6. The molecule has 1 amide bonds. The van der Waals surface area contributed by atoms with Gasteiger partial charge in [0, 0.05) is 12.6 Å². The first-order valence-corrected chi connectivity index (χ1v) is 5.72. The second-order valence-electron chi connectivity index (χ2n) is 4.85. The molecule has 0 aromatic heterocycles. The minimum Gasteiger partial charge on any atom is -0.497 e. The fourth-order valence-electron chi connectivity index (χ4n) is 1.39. The van der Waals surface area contributed by atoms with E-state index in [9.17, 15) is 4.79 Å². The van der Waals surface area contributed by atoms with Crippen LogP contribution in [0.25, 0.3) is 0 Å². The first-order chi connectivity index (χ1) is 8.35. The monoisotopic (exact) mass is 252 g/mol. The molecule has 5 nitrogen and oxygen atoms in total. The van der Waals surface area contributed by atoms with E-state index < -0.39 is 11.7 Å². The fraction of sp³-hybridized carbons (Fsp3) is 0.462. The van der Waals surface area contributed by atoms with Gasteiger partial charge in [0.25, 0.3) is 0 Å². The molecular weight excluding hydrogens is 232 g/mol. The van der Waals surface area contributed by atoms with Gasteiger partial charge in [-0.25, -0.2) is 4.79 Å². The summed E-state index contributed by atoms with van der Waals surface area (Å²) in [6.07, 6.45) is -0.509. The molecule has 0 saturated heterocycles. The summed E-state index contributed by atoms with van der Waals surface area (Å²) in [4.78, 5) is 11.7. The molecular formula is C13H20N2O3. The number of hydrogen-bond donors (Lipinski definition) is 2. The number of anilines is 1. The summed E-state index contributed by atoms with van der Waals surface area (Å²) in [5.74, 6) is 0.651. The molecule has 0 aliphatic carbocycles. The Balaban J connectivity index is 2.85. The zero-order valence-corrected chi connectivity index (χ0v) is 11.2. The van der Waals surface area contributed by atoms with E-state index in [1.54, 1.807) is 19.2 Å². The Kier molecular flexibility index (Phi) is 4.55. The lowest BCUT2D eigenvalue weighted by Crippen LogP contribution is -2.27. The molecule has 0 saturated carbocycles.